The Kier molecular flexibility index (Phi) is 5.58. The Morgan fingerprint density at radius 2 is 1.76 bits per heavy atom. The Hall–Kier alpha value is -1.14. The number of aromatic nitrogens is 1. The van der Waals surface area contributed by atoms with E-state index < -0.39 is 17.8 Å². The van der Waals surface area contributed by atoms with Gasteiger partial charge in [0.1, 0.15) is 0 Å². The number of hydrogen-bond donors (Lipinski definition) is 2. The number of rotatable bonds is 3. The van der Waals surface area contributed by atoms with Gasteiger partial charge in [-0.3, -0.25) is 16.3 Å². The van der Waals surface area contributed by atoms with Gasteiger partial charge in [0.15, 0.2) is 0 Å². The van der Waals surface area contributed by atoms with Crippen molar-refractivity contribution < 1.29 is 13.2 Å². The lowest BCUT2D eigenvalue weighted by atomic mass is 9.82. The molecular weight excluding hydrogens is 279 g/mol. The van der Waals surface area contributed by atoms with Crippen molar-refractivity contribution in [2.75, 3.05) is 0 Å². The van der Waals surface area contributed by atoms with Crippen LogP contribution in [-0.4, -0.2) is 4.98 Å². The van der Waals surface area contributed by atoms with Crippen LogP contribution in [0.3, 0.4) is 0 Å². The Labute approximate surface area is 123 Å². The summed E-state index contributed by atoms with van der Waals surface area (Å²) in [5.41, 5.74) is 2.14. The van der Waals surface area contributed by atoms with Gasteiger partial charge in [0.2, 0.25) is 0 Å². The highest BCUT2D eigenvalue weighted by molar-refractivity contribution is 5.29. The molecule has 3 nitrogen and oxygen atoms in total. The van der Waals surface area contributed by atoms with Gasteiger partial charge in [0, 0.05) is 18.0 Å². The number of nitrogens with one attached hydrogen (secondary N) is 1. The van der Waals surface area contributed by atoms with Crippen LogP contribution in [0.15, 0.2) is 18.5 Å². The molecule has 0 aromatic carbocycles. The van der Waals surface area contributed by atoms with Crippen LogP contribution in [0.25, 0.3) is 0 Å². The van der Waals surface area contributed by atoms with Crippen LogP contribution < -0.4 is 11.3 Å². The second-order valence-electron chi connectivity index (χ2n) is 5.71. The molecule has 0 amide bonds. The third-order valence-corrected chi connectivity index (χ3v) is 4.29. The highest BCUT2D eigenvalue weighted by Crippen LogP contribution is 2.39. The molecule has 2 rings (SSSR count). The highest BCUT2D eigenvalue weighted by Gasteiger charge is 2.36. The lowest BCUT2D eigenvalue weighted by molar-refractivity contribution is -0.138. The number of hydrazine groups is 1. The minimum atomic E-state index is -4.38. The summed E-state index contributed by atoms with van der Waals surface area (Å²) in [7, 11) is 0. The SMILES string of the molecule is NNC(c1cnccc1C(F)(F)F)C1CCCCCCC1. The van der Waals surface area contributed by atoms with Gasteiger partial charge >= 0.3 is 6.18 Å². The van der Waals surface area contributed by atoms with Crippen molar-refractivity contribution in [3.05, 3.63) is 29.6 Å². The normalized spacial score (nSPS) is 19.8. The minimum Gasteiger partial charge on any atom is -0.271 e. The lowest BCUT2D eigenvalue weighted by Gasteiger charge is -2.30. The predicted molar refractivity (Wildman–Crippen MR) is 75.1 cm³/mol. The summed E-state index contributed by atoms with van der Waals surface area (Å²) in [6, 6.07) is 0.538. The summed E-state index contributed by atoms with van der Waals surface area (Å²) >= 11 is 0. The van der Waals surface area contributed by atoms with Crippen LogP contribution in [0.1, 0.15) is 62.1 Å². The monoisotopic (exact) mass is 301 g/mol. The van der Waals surface area contributed by atoms with Crippen LogP contribution in [0.5, 0.6) is 0 Å². The number of alkyl halides is 3. The van der Waals surface area contributed by atoms with E-state index in [0.717, 1.165) is 44.6 Å². The molecule has 6 heteroatoms. The molecule has 1 heterocycles. The van der Waals surface area contributed by atoms with Crippen molar-refractivity contribution in [1.29, 1.82) is 0 Å². The van der Waals surface area contributed by atoms with Gasteiger partial charge in [-0.2, -0.15) is 13.2 Å². The van der Waals surface area contributed by atoms with Gasteiger partial charge < -0.3 is 0 Å². The standard InChI is InChI=1S/C15H22F3N3/c16-15(17,18)13-8-9-20-10-12(13)14(21-19)11-6-4-2-1-3-5-7-11/h8-11,14,21H,1-7,19H2. The molecule has 1 aromatic rings. The number of nitrogens with two attached hydrogens (primary N) is 1. The summed E-state index contributed by atoms with van der Waals surface area (Å²) in [5.74, 6) is 5.72. The third-order valence-electron chi connectivity index (χ3n) is 4.29. The molecule has 0 aliphatic heterocycles. The van der Waals surface area contributed by atoms with Crippen LogP contribution in [0.2, 0.25) is 0 Å². The van der Waals surface area contributed by atoms with Crippen LogP contribution >= 0.6 is 0 Å². The van der Waals surface area contributed by atoms with Crippen LogP contribution in [0.4, 0.5) is 13.2 Å². The van der Waals surface area contributed by atoms with E-state index in [2.05, 4.69) is 10.4 Å². The molecule has 118 valence electrons. The van der Waals surface area contributed by atoms with Crippen LogP contribution in [0, 0.1) is 5.92 Å². The number of halogens is 3. The average molecular weight is 301 g/mol. The van der Waals surface area contributed by atoms with Crippen molar-refractivity contribution in [3.8, 4) is 0 Å². The molecule has 0 bridgehead atoms. The first-order valence-electron chi connectivity index (χ1n) is 7.51. The zero-order valence-electron chi connectivity index (χ0n) is 12.0. The zero-order valence-corrected chi connectivity index (χ0v) is 12.0. The molecule has 1 aromatic heterocycles. The molecule has 21 heavy (non-hydrogen) atoms. The van der Waals surface area contributed by atoms with Gasteiger partial charge in [0.05, 0.1) is 11.6 Å². The molecule has 0 saturated heterocycles. The summed E-state index contributed by atoms with van der Waals surface area (Å²) in [6.45, 7) is 0. The fourth-order valence-corrected chi connectivity index (χ4v) is 3.21. The van der Waals surface area contributed by atoms with E-state index >= 15 is 0 Å². The molecule has 1 aliphatic carbocycles. The summed E-state index contributed by atoms with van der Waals surface area (Å²) in [4.78, 5) is 3.87. The second-order valence-corrected chi connectivity index (χ2v) is 5.71. The molecule has 1 unspecified atom stereocenters. The van der Waals surface area contributed by atoms with Gasteiger partial charge in [-0.25, -0.2) is 0 Å². The Morgan fingerprint density at radius 3 is 2.33 bits per heavy atom. The van der Waals surface area contributed by atoms with Crippen molar-refractivity contribution in [1.82, 2.24) is 10.4 Å². The average Bonchev–Trinajstić information content (AvgIpc) is 2.41. The fraction of sp³-hybridized carbons (Fsp3) is 0.667. The maximum atomic E-state index is 13.2. The molecular formula is C15H22F3N3. The predicted octanol–water partition coefficient (Wildman–Crippen LogP) is 3.97. The molecule has 0 spiro atoms. The first-order valence-corrected chi connectivity index (χ1v) is 7.51. The van der Waals surface area contributed by atoms with Crippen molar-refractivity contribution in [2.24, 2.45) is 11.8 Å². The maximum absolute atomic E-state index is 13.2. The first-order chi connectivity index (χ1) is 10.0. The molecule has 0 radical (unpaired) electrons. The first kappa shape index (κ1) is 16.2. The highest BCUT2D eigenvalue weighted by atomic mass is 19.4. The topological polar surface area (TPSA) is 50.9 Å². The quantitative estimate of drug-likeness (QED) is 0.656. The molecule has 3 N–H and O–H groups in total. The number of nitrogens with zero attached hydrogens (tertiary/aromatic N) is 1. The van der Waals surface area contributed by atoms with E-state index in [1.54, 1.807) is 0 Å². The Morgan fingerprint density at radius 1 is 1.14 bits per heavy atom. The van der Waals surface area contributed by atoms with Gasteiger partial charge in [-0.05, 0) is 24.8 Å². The summed E-state index contributed by atoms with van der Waals surface area (Å²) in [6.07, 6.45) is 5.50. The molecule has 1 fully saturated rings. The van der Waals surface area contributed by atoms with Gasteiger partial charge in [-0.1, -0.05) is 32.1 Å². The third kappa shape index (κ3) is 4.17. The van der Waals surface area contributed by atoms with E-state index in [9.17, 15) is 13.2 Å². The smallest absolute Gasteiger partial charge is 0.271 e. The van der Waals surface area contributed by atoms with Crippen LogP contribution in [-0.2, 0) is 6.18 Å². The maximum Gasteiger partial charge on any atom is 0.416 e. The van der Waals surface area contributed by atoms with Gasteiger partial charge in [-0.15, -0.1) is 0 Å². The van der Waals surface area contributed by atoms with E-state index in [-0.39, 0.29) is 11.5 Å². The summed E-state index contributed by atoms with van der Waals surface area (Å²) < 4.78 is 39.5. The Bertz CT molecular complexity index is 440. The minimum absolute atomic E-state index is 0.126. The van der Waals surface area contributed by atoms with E-state index in [0.29, 0.717) is 0 Å². The second kappa shape index (κ2) is 7.22. The van der Waals surface area contributed by atoms with E-state index in [1.807, 2.05) is 0 Å². The fourth-order valence-electron chi connectivity index (χ4n) is 3.21. The number of hydrogen-bond acceptors (Lipinski definition) is 3. The summed E-state index contributed by atoms with van der Waals surface area (Å²) in [5, 5.41) is 0. The lowest BCUT2D eigenvalue weighted by Crippen LogP contribution is -2.35. The number of pyridine rings is 1. The Balaban J connectivity index is 2.28. The molecule has 1 atom stereocenters. The van der Waals surface area contributed by atoms with Crippen molar-refractivity contribution in [2.45, 2.75) is 57.2 Å². The van der Waals surface area contributed by atoms with Gasteiger partial charge in [0.25, 0.3) is 0 Å². The van der Waals surface area contributed by atoms with Crippen molar-refractivity contribution >= 4 is 0 Å². The zero-order chi connectivity index (χ0) is 15.3. The largest absolute Gasteiger partial charge is 0.416 e. The van der Waals surface area contributed by atoms with Crippen molar-refractivity contribution in [3.63, 3.8) is 0 Å². The van der Waals surface area contributed by atoms with E-state index in [1.165, 1.54) is 18.8 Å². The molecule has 1 aliphatic rings. The van der Waals surface area contributed by atoms with E-state index in [4.69, 9.17) is 5.84 Å². The molecule has 1 saturated carbocycles.